The predicted molar refractivity (Wildman–Crippen MR) is 117 cm³/mol. The van der Waals surface area contributed by atoms with Gasteiger partial charge in [0.1, 0.15) is 5.01 Å². The van der Waals surface area contributed by atoms with Crippen LogP contribution in [-0.2, 0) is 27.2 Å². The Morgan fingerprint density at radius 2 is 1.97 bits per heavy atom. The van der Waals surface area contributed by atoms with Crippen molar-refractivity contribution in [3.8, 4) is 10.6 Å². The number of rotatable bonds is 6. The van der Waals surface area contributed by atoms with Crippen LogP contribution in [0.2, 0.25) is 0 Å². The monoisotopic (exact) mass is 420 g/mol. The Hall–Kier alpha value is -2.99. The summed E-state index contributed by atoms with van der Waals surface area (Å²) in [5.41, 5.74) is 5.31. The van der Waals surface area contributed by atoms with E-state index >= 15 is 0 Å². The Kier molecular flexibility index (Phi) is 6.23. The van der Waals surface area contributed by atoms with Crippen LogP contribution in [0.3, 0.4) is 0 Å². The summed E-state index contributed by atoms with van der Waals surface area (Å²) in [5, 5.41) is 5.72. The van der Waals surface area contributed by atoms with Gasteiger partial charge in [-0.15, -0.1) is 11.3 Å². The maximum atomic E-state index is 12.3. The molecule has 154 valence electrons. The first-order valence-electron chi connectivity index (χ1n) is 10.1. The van der Waals surface area contributed by atoms with Gasteiger partial charge >= 0.3 is 5.97 Å². The third-order valence-corrected chi connectivity index (χ3v) is 6.18. The van der Waals surface area contributed by atoms with E-state index in [1.807, 2.05) is 48.7 Å². The Bertz CT molecular complexity index is 1040. The third-order valence-electron chi connectivity index (χ3n) is 5.24. The molecule has 1 atom stereocenters. The minimum Gasteiger partial charge on any atom is -0.455 e. The summed E-state index contributed by atoms with van der Waals surface area (Å²) in [6, 6.07) is 16.3. The van der Waals surface area contributed by atoms with Gasteiger partial charge in [-0.2, -0.15) is 0 Å². The second-order valence-electron chi connectivity index (χ2n) is 7.56. The maximum absolute atomic E-state index is 12.3. The summed E-state index contributed by atoms with van der Waals surface area (Å²) >= 11 is 1.49. The number of esters is 1. The van der Waals surface area contributed by atoms with Gasteiger partial charge < -0.3 is 10.1 Å². The number of ether oxygens (including phenoxy) is 1. The molecular weight excluding hydrogens is 396 g/mol. The highest BCUT2D eigenvalue weighted by Gasteiger charge is 2.22. The highest BCUT2D eigenvalue weighted by atomic mass is 32.1. The lowest BCUT2D eigenvalue weighted by molar-refractivity contribution is -0.148. The van der Waals surface area contributed by atoms with Crippen molar-refractivity contribution in [2.45, 2.75) is 38.6 Å². The first-order chi connectivity index (χ1) is 14.6. The lowest BCUT2D eigenvalue weighted by atomic mass is 9.88. The molecule has 1 aromatic heterocycles. The lowest BCUT2D eigenvalue weighted by Crippen LogP contribution is -2.34. The first-order valence-corrected chi connectivity index (χ1v) is 11.0. The van der Waals surface area contributed by atoms with Gasteiger partial charge in [0.15, 0.2) is 6.61 Å². The molecule has 0 unspecified atom stereocenters. The minimum absolute atomic E-state index is 0.0169. The number of benzene rings is 2. The summed E-state index contributed by atoms with van der Waals surface area (Å²) in [7, 11) is 0. The van der Waals surface area contributed by atoms with Gasteiger partial charge in [0.2, 0.25) is 0 Å². The molecule has 5 nitrogen and oxygen atoms in total. The minimum atomic E-state index is -0.449. The topological polar surface area (TPSA) is 68.3 Å². The number of nitrogens with one attached hydrogen (secondary N) is 1. The summed E-state index contributed by atoms with van der Waals surface area (Å²) in [4.78, 5) is 29.0. The molecule has 1 aliphatic carbocycles. The highest BCUT2D eigenvalue weighted by molar-refractivity contribution is 7.13. The van der Waals surface area contributed by atoms with Crippen LogP contribution in [0.4, 0.5) is 0 Å². The van der Waals surface area contributed by atoms with Gasteiger partial charge in [-0.25, -0.2) is 4.98 Å². The molecule has 1 N–H and O–H groups in total. The van der Waals surface area contributed by atoms with E-state index in [1.165, 1.54) is 22.5 Å². The van der Waals surface area contributed by atoms with Crippen molar-refractivity contribution >= 4 is 23.2 Å². The number of aromatic nitrogens is 1. The zero-order chi connectivity index (χ0) is 20.9. The molecule has 0 spiro atoms. The Balaban J connectivity index is 1.27. The third kappa shape index (κ3) is 4.94. The largest absolute Gasteiger partial charge is 0.455 e. The molecule has 1 aliphatic rings. The van der Waals surface area contributed by atoms with E-state index in [0.717, 1.165) is 35.4 Å². The number of nitrogens with zero attached hydrogens (tertiary/aromatic N) is 1. The fraction of sp³-hybridized carbons (Fsp3) is 0.292. The number of carbonyl (C=O) groups is 2. The molecule has 30 heavy (non-hydrogen) atoms. The number of hydrogen-bond acceptors (Lipinski definition) is 5. The maximum Gasteiger partial charge on any atom is 0.312 e. The Morgan fingerprint density at radius 3 is 2.80 bits per heavy atom. The van der Waals surface area contributed by atoms with E-state index in [-0.39, 0.29) is 25.0 Å². The van der Waals surface area contributed by atoms with Crippen molar-refractivity contribution in [2.24, 2.45) is 0 Å². The van der Waals surface area contributed by atoms with E-state index < -0.39 is 5.97 Å². The number of hydrogen-bond donors (Lipinski definition) is 1. The number of aryl methyl sites for hydroxylation is 2. The SMILES string of the molecule is Cc1ccc(-c2nc(CC(=O)OCC(=O)N[C@@H]3CCCc4ccccc43)cs2)cc1. The quantitative estimate of drug-likeness (QED) is 0.600. The van der Waals surface area contributed by atoms with Crippen LogP contribution in [0, 0.1) is 6.92 Å². The molecule has 3 aromatic rings. The fourth-order valence-corrected chi connectivity index (χ4v) is 4.53. The van der Waals surface area contributed by atoms with Crippen molar-refractivity contribution in [3.63, 3.8) is 0 Å². The van der Waals surface area contributed by atoms with Gasteiger partial charge in [-0.1, -0.05) is 54.1 Å². The van der Waals surface area contributed by atoms with E-state index in [0.29, 0.717) is 5.69 Å². The van der Waals surface area contributed by atoms with Gasteiger partial charge in [0.05, 0.1) is 18.2 Å². The second-order valence-corrected chi connectivity index (χ2v) is 8.42. The van der Waals surface area contributed by atoms with Gasteiger partial charge in [0, 0.05) is 10.9 Å². The smallest absolute Gasteiger partial charge is 0.312 e. The number of thiazole rings is 1. The molecule has 4 rings (SSSR count). The number of carbonyl (C=O) groups excluding carboxylic acids is 2. The van der Waals surface area contributed by atoms with Crippen molar-refractivity contribution in [1.82, 2.24) is 10.3 Å². The van der Waals surface area contributed by atoms with Crippen molar-refractivity contribution in [2.75, 3.05) is 6.61 Å². The van der Waals surface area contributed by atoms with Crippen LogP contribution < -0.4 is 5.32 Å². The summed E-state index contributed by atoms with van der Waals surface area (Å²) < 4.78 is 5.18. The van der Waals surface area contributed by atoms with Gasteiger partial charge in [-0.3, -0.25) is 9.59 Å². The van der Waals surface area contributed by atoms with E-state index in [9.17, 15) is 9.59 Å². The van der Waals surface area contributed by atoms with Crippen LogP contribution in [0.15, 0.2) is 53.9 Å². The summed E-state index contributed by atoms with van der Waals surface area (Å²) in [5.74, 6) is -0.723. The molecule has 1 heterocycles. The molecule has 0 bridgehead atoms. The molecule has 1 amide bonds. The average Bonchev–Trinajstić information content (AvgIpc) is 3.21. The number of fused-ring (bicyclic) bond motifs is 1. The standard InChI is InChI=1S/C24H24N2O3S/c1-16-9-11-18(12-10-16)24-25-19(15-30-24)13-23(28)29-14-22(27)26-21-8-4-6-17-5-2-3-7-20(17)21/h2-3,5,7,9-12,15,21H,4,6,8,13-14H2,1H3,(H,26,27)/t21-/m1/s1. The van der Waals surface area contributed by atoms with Gasteiger partial charge in [-0.05, 0) is 37.3 Å². The molecule has 0 radical (unpaired) electrons. The van der Waals surface area contributed by atoms with Crippen molar-refractivity contribution in [3.05, 3.63) is 76.3 Å². The Labute approximate surface area is 180 Å². The first kappa shape index (κ1) is 20.3. The normalized spacial score (nSPS) is 15.3. The molecule has 0 saturated heterocycles. The van der Waals surface area contributed by atoms with Crippen LogP contribution >= 0.6 is 11.3 Å². The van der Waals surface area contributed by atoms with E-state index in [1.54, 1.807) is 0 Å². The van der Waals surface area contributed by atoms with Crippen molar-refractivity contribution < 1.29 is 14.3 Å². The zero-order valence-corrected chi connectivity index (χ0v) is 17.7. The van der Waals surface area contributed by atoms with Crippen molar-refractivity contribution in [1.29, 1.82) is 0 Å². The molecular formula is C24H24N2O3S. The van der Waals surface area contributed by atoms with E-state index in [4.69, 9.17) is 4.74 Å². The van der Waals surface area contributed by atoms with Crippen LogP contribution in [-0.4, -0.2) is 23.5 Å². The molecule has 0 fully saturated rings. The van der Waals surface area contributed by atoms with Crippen LogP contribution in [0.1, 0.15) is 41.3 Å². The molecule has 0 saturated carbocycles. The molecule has 0 aliphatic heterocycles. The fourth-order valence-electron chi connectivity index (χ4n) is 3.70. The summed E-state index contributed by atoms with van der Waals surface area (Å²) in [6.45, 7) is 1.77. The highest BCUT2D eigenvalue weighted by Crippen LogP contribution is 2.29. The predicted octanol–water partition coefficient (Wildman–Crippen LogP) is 4.40. The van der Waals surface area contributed by atoms with Crippen LogP contribution in [0.5, 0.6) is 0 Å². The lowest BCUT2D eigenvalue weighted by Gasteiger charge is -2.26. The second kappa shape index (κ2) is 9.22. The molecule has 2 aromatic carbocycles. The summed E-state index contributed by atoms with van der Waals surface area (Å²) in [6.07, 6.45) is 3.03. The van der Waals surface area contributed by atoms with Gasteiger partial charge in [0.25, 0.3) is 5.91 Å². The van der Waals surface area contributed by atoms with Crippen LogP contribution in [0.25, 0.3) is 10.6 Å². The molecule has 6 heteroatoms. The Morgan fingerprint density at radius 1 is 1.17 bits per heavy atom. The average molecular weight is 421 g/mol. The number of amides is 1. The zero-order valence-electron chi connectivity index (χ0n) is 16.9. The van der Waals surface area contributed by atoms with E-state index in [2.05, 4.69) is 22.4 Å².